The number of hydrogen-bond acceptors (Lipinski definition) is 3. The standard InChI is InChI=1S/C53H33N5/c1-3-13-36(14-4-1)46-33-49-40-17-7-10-20-44(40)55-53(58(49)56-46)38-25-23-34(24-26-38)35-27-29-39(30-28-35)57-47-22-12-9-19-42(47)51-48(57)32-31-43-50(51)41-18-8-11-21-45(41)54-52(43)37-15-5-2-6-16-37/h1-33H. The highest BCUT2D eigenvalue weighted by molar-refractivity contribution is 6.29. The Morgan fingerprint density at radius 2 is 0.931 bits per heavy atom. The van der Waals surface area contributed by atoms with Gasteiger partial charge in [-0.1, -0.05) is 158 Å². The Balaban J connectivity index is 0.962. The van der Waals surface area contributed by atoms with Crippen LogP contribution in [0.1, 0.15) is 0 Å². The first-order valence-corrected chi connectivity index (χ1v) is 19.6. The predicted molar refractivity (Wildman–Crippen MR) is 239 cm³/mol. The molecule has 0 aliphatic heterocycles. The van der Waals surface area contributed by atoms with Crippen molar-refractivity contribution < 1.29 is 0 Å². The molecular formula is C53H33N5. The molecule has 0 saturated heterocycles. The van der Waals surface area contributed by atoms with E-state index in [0.29, 0.717) is 0 Å². The van der Waals surface area contributed by atoms with Crippen molar-refractivity contribution in [3.8, 4) is 50.7 Å². The summed E-state index contributed by atoms with van der Waals surface area (Å²) in [7, 11) is 0. The summed E-state index contributed by atoms with van der Waals surface area (Å²) in [5, 5.41) is 12.2. The van der Waals surface area contributed by atoms with Crippen LogP contribution < -0.4 is 0 Å². The summed E-state index contributed by atoms with van der Waals surface area (Å²) in [4.78, 5) is 10.3. The van der Waals surface area contributed by atoms with Crippen LogP contribution in [0.5, 0.6) is 0 Å². The molecule has 4 aromatic heterocycles. The fourth-order valence-corrected chi connectivity index (χ4v) is 8.83. The molecular weight excluding hydrogens is 707 g/mol. The lowest BCUT2D eigenvalue weighted by Gasteiger charge is -2.13. The lowest BCUT2D eigenvalue weighted by molar-refractivity contribution is 0.949. The maximum Gasteiger partial charge on any atom is 0.161 e. The lowest BCUT2D eigenvalue weighted by atomic mass is 9.96. The van der Waals surface area contributed by atoms with E-state index in [1.165, 1.54) is 27.2 Å². The third kappa shape index (κ3) is 5.00. The first-order chi connectivity index (χ1) is 28.8. The van der Waals surface area contributed by atoms with Gasteiger partial charge in [0.15, 0.2) is 5.82 Å². The summed E-state index contributed by atoms with van der Waals surface area (Å²) in [6.07, 6.45) is 0. The predicted octanol–water partition coefficient (Wildman–Crippen LogP) is 13.3. The van der Waals surface area contributed by atoms with Gasteiger partial charge in [-0.2, -0.15) is 5.10 Å². The molecule has 0 saturated carbocycles. The molecule has 0 N–H and O–H groups in total. The highest BCUT2D eigenvalue weighted by Crippen LogP contribution is 2.42. The third-order valence-corrected chi connectivity index (χ3v) is 11.5. The summed E-state index contributed by atoms with van der Waals surface area (Å²) in [5.74, 6) is 0.816. The summed E-state index contributed by atoms with van der Waals surface area (Å²) in [6.45, 7) is 0. The van der Waals surface area contributed by atoms with Crippen LogP contribution in [0.2, 0.25) is 0 Å². The molecule has 5 nitrogen and oxygen atoms in total. The van der Waals surface area contributed by atoms with E-state index >= 15 is 0 Å². The second kappa shape index (κ2) is 12.8. The van der Waals surface area contributed by atoms with E-state index in [0.717, 1.165) is 83.4 Å². The van der Waals surface area contributed by atoms with Crippen LogP contribution in [0.3, 0.4) is 0 Å². The van der Waals surface area contributed by atoms with Crippen molar-refractivity contribution in [1.29, 1.82) is 0 Å². The van der Waals surface area contributed by atoms with Gasteiger partial charge in [-0.3, -0.25) is 0 Å². The van der Waals surface area contributed by atoms with Crippen molar-refractivity contribution in [1.82, 2.24) is 24.1 Å². The van der Waals surface area contributed by atoms with Crippen molar-refractivity contribution in [3.63, 3.8) is 0 Å². The summed E-state index contributed by atoms with van der Waals surface area (Å²) < 4.78 is 4.39. The first-order valence-electron chi connectivity index (χ1n) is 19.6. The Hall–Kier alpha value is -7.89. The van der Waals surface area contributed by atoms with Crippen LogP contribution >= 0.6 is 0 Å². The zero-order valence-electron chi connectivity index (χ0n) is 31.3. The number of rotatable bonds is 5. The quantitative estimate of drug-likeness (QED) is 0.165. The number of para-hydroxylation sites is 3. The molecule has 0 atom stereocenters. The normalized spacial score (nSPS) is 11.8. The number of fused-ring (bicyclic) bond motifs is 10. The Morgan fingerprint density at radius 1 is 0.345 bits per heavy atom. The summed E-state index contributed by atoms with van der Waals surface area (Å²) in [6, 6.07) is 70.8. The van der Waals surface area contributed by atoms with Crippen molar-refractivity contribution in [2.75, 3.05) is 0 Å². The van der Waals surface area contributed by atoms with Gasteiger partial charge in [0, 0.05) is 54.7 Å². The van der Waals surface area contributed by atoms with Crippen LogP contribution in [0.15, 0.2) is 200 Å². The average Bonchev–Trinajstić information content (AvgIpc) is 3.90. The van der Waals surface area contributed by atoms with E-state index in [9.17, 15) is 0 Å². The van der Waals surface area contributed by atoms with Gasteiger partial charge in [0.05, 0.1) is 39.0 Å². The minimum atomic E-state index is 0.816. The summed E-state index contributed by atoms with van der Waals surface area (Å²) in [5.41, 5.74) is 13.9. The van der Waals surface area contributed by atoms with E-state index in [-0.39, 0.29) is 0 Å². The van der Waals surface area contributed by atoms with Crippen molar-refractivity contribution >= 4 is 59.9 Å². The molecule has 0 amide bonds. The third-order valence-electron chi connectivity index (χ3n) is 11.5. The Kier molecular flexibility index (Phi) is 7.16. The molecule has 270 valence electrons. The second-order valence-electron chi connectivity index (χ2n) is 14.8. The zero-order chi connectivity index (χ0) is 38.2. The van der Waals surface area contributed by atoms with Crippen LogP contribution in [0.4, 0.5) is 0 Å². The molecule has 4 heterocycles. The maximum absolute atomic E-state index is 5.21. The van der Waals surface area contributed by atoms with E-state index < -0.39 is 0 Å². The van der Waals surface area contributed by atoms with Crippen LogP contribution in [-0.4, -0.2) is 24.1 Å². The van der Waals surface area contributed by atoms with Crippen molar-refractivity contribution in [2.45, 2.75) is 0 Å². The van der Waals surface area contributed by atoms with Gasteiger partial charge in [-0.15, -0.1) is 0 Å². The number of benzene rings is 8. The minimum Gasteiger partial charge on any atom is -0.309 e. The fraction of sp³-hybridized carbons (Fsp3) is 0. The van der Waals surface area contributed by atoms with E-state index in [4.69, 9.17) is 15.1 Å². The van der Waals surface area contributed by atoms with Gasteiger partial charge in [0.25, 0.3) is 0 Å². The molecule has 58 heavy (non-hydrogen) atoms. The lowest BCUT2D eigenvalue weighted by Crippen LogP contribution is -1.99. The summed E-state index contributed by atoms with van der Waals surface area (Å²) >= 11 is 0. The molecule has 0 spiro atoms. The van der Waals surface area contributed by atoms with Crippen LogP contribution in [-0.2, 0) is 0 Å². The molecule has 0 fully saturated rings. The molecule has 0 aliphatic rings. The average molecular weight is 740 g/mol. The largest absolute Gasteiger partial charge is 0.309 e. The minimum absolute atomic E-state index is 0.816. The van der Waals surface area contributed by atoms with Gasteiger partial charge >= 0.3 is 0 Å². The smallest absolute Gasteiger partial charge is 0.161 e. The molecule has 12 aromatic rings. The molecule has 0 bridgehead atoms. The Labute approximate surface area is 333 Å². The van der Waals surface area contributed by atoms with Gasteiger partial charge in [-0.25, -0.2) is 14.5 Å². The van der Waals surface area contributed by atoms with E-state index in [1.54, 1.807) is 0 Å². The number of nitrogens with zero attached hydrogens (tertiary/aromatic N) is 5. The molecule has 0 unspecified atom stereocenters. The van der Waals surface area contributed by atoms with E-state index in [2.05, 4.69) is 180 Å². The van der Waals surface area contributed by atoms with E-state index in [1.807, 2.05) is 28.8 Å². The monoisotopic (exact) mass is 739 g/mol. The second-order valence-corrected chi connectivity index (χ2v) is 14.8. The number of aromatic nitrogens is 5. The fourth-order valence-electron chi connectivity index (χ4n) is 8.83. The first kappa shape index (κ1) is 32.4. The van der Waals surface area contributed by atoms with Gasteiger partial charge in [-0.05, 0) is 53.6 Å². The van der Waals surface area contributed by atoms with Gasteiger partial charge < -0.3 is 4.57 Å². The van der Waals surface area contributed by atoms with Crippen LogP contribution in [0, 0.1) is 0 Å². The number of hydrogen-bond donors (Lipinski definition) is 0. The van der Waals surface area contributed by atoms with Crippen molar-refractivity contribution in [2.24, 2.45) is 0 Å². The van der Waals surface area contributed by atoms with Crippen LogP contribution in [0.25, 0.3) is 111 Å². The highest BCUT2D eigenvalue weighted by atomic mass is 15.3. The van der Waals surface area contributed by atoms with Gasteiger partial charge in [0.2, 0.25) is 0 Å². The molecule has 0 aliphatic carbocycles. The molecule has 8 aromatic carbocycles. The molecule has 5 heteroatoms. The SMILES string of the molecule is c1ccc(-c2cc3c4ccccc4nc(-c4ccc(-c5ccc(-n6c7ccccc7c7c8c(ccc76)c(-c6ccccc6)nc6ccccc68)cc5)cc4)n3n2)cc1. The number of pyridine rings is 1. The van der Waals surface area contributed by atoms with Crippen molar-refractivity contribution in [3.05, 3.63) is 200 Å². The molecule has 0 radical (unpaired) electrons. The van der Waals surface area contributed by atoms with Gasteiger partial charge in [0.1, 0.15) is 0 Å². The Morgan fingerprint density at radius 3 is 1.67 bits per heavy atom. The molecule has 12 rings (SSSR count). The maximum atomic E-state index is 5.21. The Bertz CT molecular complexity index is 3530. The highest BCUT2D eigenvalue weighted by Gasteiger charge is 2.20. The zero-order valence-corrected chi connectivity index (χ0v) is 31.3. The topological polar surface area (TPSA) is 48.0 Å².